The average molecular weight is 263 g/mol. The summed E-state index contributed by atoms with van der Waals surface area (Å²) >= 11 is 0. The predicted molar refractivity (Wildman–Crippen MR) is 61.2 cm³/mol. The number of rotatable bonds is 6. The van der Waals surface area contributed by atoms with E-state index in [1.54, 1.807) is 20.8 Å². The number of aryl methyl sites for hydroxylation is 1. The van der Waals surface area contributed by atoms with Crippen molar-refractivity contribution < 1.29 is 18.9 Å². The highest BCUT2D eigenvalue weighted by molar-refractivity contribution is 7.53. The summed E-state index contributed by atoms with van der Waals surface area (Å²) in [5.74, 6) is 0.818. The summed E-state index contributed by atoms with van der Waals surface area (Å²) in [5.41, 5.74) is 0. The van der Waals surface area contributed by atoms with Gasteiger partial charge in [-0.15, -0.1) is 0 Å². The zero-order valence-electron chi connectivity index (χ0n) is 10.2. The molecule has 0 bridgehead atoms. The van der Waals surface area contributed by atoms with Crippen molar-refractivity contribution in [3.63, 3.8) is 0 Å². The van der Waals surface area contributed by atoms with Gasteiger partial charge in [-0.1, -0.05) is 19.0 Å². The molecule has 0 saturated heterocycles. The Bertz CT molecular complexity index is 410. The van der Waals surface area contributed by atoms with E-state index < -0.39 is 12.9 Å². The molecule has 0 aliphatic rings. The zero-order valence-corrected chi connectivity index (χ0v) is 11.1. The van der Waals surface area contributed by atoms with Gasteiger partial charge in [0.25, 0.3) is 0 Å². The molecule has 0 amide bonds. The number of nitrogens with one attached hydrogen (secondary N) is 1. The van der Waals surface area contributed by atoms with Crippen molar-refractivity contribution in [2.45, 2.75) is 45.4 Å². The van der Waals surface area contributed by atoms with Crippen LogP contribution in [-0.2, 0) is 11.1 Å². The van der Waals surface area contributed by atoms with Crippen molar-refractivity contribution in [2.75, 3.05) is 0 Å². The lowest BCUT2D eigenvalue weighted by atomic mass is 10.1. The highest BCUT2D eigenvalue weighted by Gasteiger charge is 2.43. The lowest BCUT2D eigenvalue weighted by Crippen LogP contribution is -2.43. The molecule has 3 N–H and O–H groups in total. The first-order chi connectivity index (χ1) is 7.84. The highest BCUT2D eigenvalue weighted by Crippen LogP contribution is 2.52. The minimum atomic E-state index is -4.24. The van der Waals surface area contributed by atoms with Crippen molar-refractivity contribution in [2.24, 2.45) is 0 Å². The minimum absolute atomic E-state index is 0.146. The first kappa shape index (κ1) is 14.3. The summed E-state index contributed by atoms with van der Waals surface area (Å²) in [7, 11) is -4.24. The number of nitrogens with zero attached hydrogens (tertiary/aromatic N) is 2. The van der Waals surface area contributed by atoms with Gasteiger partial charge in [-0.2, -0.15) is 4.98 Å². The Hall–Kier alpha value is -0.750. The van der Waals surface area contributed by atoms with Crippen molar-refractivity contribution in [1.82, 2.24) is 15.5 Å². The van der Waals surface area contributed by atoms with E-state index in [0.29, 0.717) is 24.6 Å². The van der Waals surface area contributed by atoms with Gasteiger partial charge in [-0.3, -0.25) is 9.88 Å². The van der Waals surface area contributed by atoms with E-state index in [1.165, 1.54) is 0 Å². The summed E-state index contributed by atoms with van der Waals surface area (Å²) < 4.78 is 16.4. The van der Waals surface area contributed by atoms with E-state index in [2.05, 4.69) is 15.5 Å². The normalized spacial score (nSPS) is 13.0. The fourth-order valence-electron chi connectivity index (χ4n) is 1.67. The summed E-state index contributed by atoms with van der Waals surface area (Å²) in [6.45, 7) is 5.29. The molecule has 0 aromatic carbocycles. The monoisotopic (exact) mass is 263 g/mol. The van der Waals surface area contributed by atoms with Gasteiger partial charge in [0, 0.05) is 0 Å². The Labute approximate surface area is 99.8 Å². The van der Waals surface area contributed by atoms with Gasteiger partial charge < -0.3 is 14.3 Å². The molecular formula is C9H18N3O4P. The van der Waals surface area contributed by atoms with Crippen molar-refractivity contribution in [3.8, 4) is 0 Å². The van der Waals surface area contributed by atoms with Crippen LogP contribution in [-0.4, -0.2) is 25.2 Å². The van der Waals surface area contributed by atoms with Crippen LogP contribution in [0.4, 0.5) is 0 Å². The maximum atomic E-state index is 11.5. The van der Waals surface area contributed by atoms with E-state index >= 15 is 0 Å². The lowest BCUT2D eigenvalue weighted by molar-refractivity contribution is 0.271. The standard InChI is InChI=1S/C9H18N3O4P/c1-4-9(5-2,17(13,14)15)10-6-8-11-7(3)12-16-8/h10H,4-6H2,1-3H3,(H2,13,14,15). The van der Waals surface area contributed by atoms with E-state index in [0.717, 1.165) is 0 Å². The van der Waals surface area contributed by atoms with Gasteiger partial charge in [-0.05, 0) is 19.8 Å². The Morgan fingerprint density at radius 3 is 2.35 bits per heavy atom. The minimum Gasteiger partial charge on any atom is -0.338 e. The van der Waals surface area contributed by atoms with Crippen LogP contribution in [0.25, 0.3) is 0 Å². The Kier molecular flexibility index (Phi) is 4.43. The molecule has 0 aliphatic heterocycles. The third kappa shape index (κ3) is 3.13. The Balaban J connectivity index is 2.78. The molecule has 98 valence electrons. The van der Waals surface area contributed by atoms with Crippen LogP contribution in [0.1, 0.15) is 38.4 Å². The second-order valence-electron chi connectivity index (χ2n) is 3.87. The van der Waals surface area contributed by atoms with Gasteiger partial charge in [0.05, 0.1) is 6.54 Å². The molecule has 0 atom stereocenters. The molecule has 8 heteroatoms. The van der Waals surface area contributed by atoms with Crippen molar-refractivity contribution in [3.05, 3.63) is 11.7 Å². The molecule has 0 aliphatic carbocycles. The molecule has 17 heavy (non-hydrogen) atoms. The molecule has 1 heterocycles. The summed E-state index contributed by atoms with van der Waals surface area (Å²) in [4.78, 5) is 22.8. The topological polar surface area (TPSA) is 108 Å². The van der Waals surface area contributed by atoms with Crippen molar-refractivity contribution >= 4 is 7.60 Å². The van der Waals surface area contributed by atoms with Crippen LogP contribution in [0.3, 0.4) is 0 Å². The number of hydrogen-bond acceptors (Lipinski definition) is 5. The quantitative estimate of drug-likeness (QED) is 0.661. The van der Waals surface area contributed by atoms with Gasteiger partial charge in [0.2, 0.25) is 5.89 Å². The Morgan fingerprint density at radius 2 is 2.00 bits per heavy atom. The molecule has 1 rings (SSSR count). The first-order valence-electron chi connectivity index (χ1n) is 5.44. The second-order valence-corrected chi connectivity index (χ2v) is 5.82. The van der Waals surface area contributed by atoms with E-state index in [1.807, 2.05) is 0 Å². The van der Waals surface area contributed by atoms with Gasteiger partial charge in [0.15, 0.2) is 5.82 Å². The number of aromatic nitrogens is 2. The third-order valence-corrected chi connectivity index (χ3v) is 4.77. The van der Waals surface area contributed by atoms with E-state index in [9.17, 15) is 14.4 Å². The lowest BCUT2D eigenvalue weighted by Gasteiger charge is -2.32. The van der Waals surface area contributed by atoms with Crippen LogP contribution in [0.2, 0.25) is 0 Å². The van der Waals surface area contributed by atoms with Crippen LogP contribution < -0.4 is 5.32 Å². The molecule has 0 unspecified atom stereocenters. The first-order valence-corrected chi connectivity index (χ1v) is 7.05. The van der Waals surface area contributed by atoms with Gasteiger partial charge >= 0.3 is 7.60 Å². The smallest absolute Gasteiger partial charge is 0.338 e. The molecule has 0 radical (unpaired) electrons. The SMILES string of the molecule is CCC(CC)(NCc1nc(C)no1)P(=O)(O)O. The third-order valence-electron chi connectivity index (χ3n) is 2.87. The summed E-state index contributed by atoms with van der Waals surface area (Å²) in [5, 5.41) is 5.23. The van der Waals surface area contributed by atoms with E-state index in [-0.39, 0.29) is 6.54 Å². The van der Waals surface area contributed by atoms with E-state index in [4.69, 9.17) is 4.52 Å². The molecule has 1 aromatic heterocycles. The molecule has 0 spiro atoms. The summed E-state index contributed by atoms with van der Waals surface area (Å²) in [6, 6.07) is 0. The summed E-state index contributed by atoms with van der Waals surface area (Å²) in [6.07, 6.45) is 0.641. The maximum absolute atomic E-state index is 11.5. The van der Waals surface area contributed by atoms with Crippen LogP contribution in [0.15, 0.2) is 4.52 Å². The Morgan fingerprint density at radius 1 is 1.41 bits per heavy atom. The van der Waals surface area contributed by atoms with Crippen LogP contribution >= 0.6 is 7.60 Å². The molecule has 0 saturated carbocycles. The average Bonchev–Trinajstić information content (AvgIpc) is 2.64. The van der Waals surface area contributed by atoms with Crippen molar-refractivity contribution in [1.29, 1.82) is 0 Å². The molecule has 1 aromatic rings. The van der Waals surface area contributed by atoms with Gasteiger partial charge in [0.1, 0.15) is 5.28 Å². The fourth-order valence-corrected chi connectivity index (χ4v) is 2.78. The number of hydrogen-bond donors (Lipinski definition) is 3. The van der Waals surface area contributed by atoms with Crippen LogP contribution in [0, 0.1) is 6.92 Å². The predicted octanol–water partition coefficient (Wildman–Crippen LogP) is 1.16. The fraction of sp³-hybridized carbons (Fsp3) is 0.778. The van der Waals surface area contributed by atoms with Gasteiger partial charge in [-0.25, -0.2) is 0 Å². The second kappa shape index (κ2) is 5.27. The molecule has 7 nitrogen and oxygen atoms in total. The molecular weight excluding hydrogens is 245 g/mol. The highest BCUT2D eigenvalue weighted by atomic mass is 31.2. The zero-order chi connectivity index (χ0) is 13.1. The largest absolute Gasteiger partial charge is 0.345 e. The molecule has 0 fully saturated rings. The van der Waals surface area contributed by atoms with Crippen LogP contribution in [0.5, 0.6) is 0 Å². The maximum Gasteiger partial charge on any atom is 0.345 e.